The lowest BCUT2D eigenvalue weighted by atomic mass is 9.92. The van der Waals surface area contributed by atoms with Crippen molar-refractivity contribution in [2.45, 2.75) is 68.7 Å². The molecule has 116 valence electrons. The molecule has 0 aliphatic rings. The van der Waals surface area contributed by atoms with Gasteiger partial charge < -0.3 is 5.11 Å². The van der Waals surface area contributed by atoms with Gasteiger partial charge in [-0.05, 0) is 31.8 Å². The van der Waals surface area contributed by atoms with Crippen LogP contribution < -0.4 is 0 Å². The zero-order valence-corrected chi connectivity index (χ0v) is 14.7. The summed E-state index contributed by atoms with van der Waals surface area (Å²) in [7, 11) is 0. The standard InChI is InChI=1S/C7H11N.C6H14O.2C2H6/c1-3-5-7-8-6-4-2;1-4-6(2,3)5-7;2*1-2/h3-7H,1-2H3;7H,4-5H2,1-3H3;2*1-2H3/b5-3+,6-4-,8-7+;;;. The molecule has 0 amide bonds. The number of nitrogens with zero attached hydrogens (tertiary/aromatic N) is 1. The molecule has 0 aromatic carbocycles. The summed E-state index contributed by atoms with van der Waals surface area (Å²) < 4.78 is 0. The molecule has 1 N–H and O–H groups in total. The fraction of sp³-hybridized carbons (Fsp3) is 0.706. The van der Waals surface area contributed by atoms with E-state index in [9.17, 15) is 0 Å². The molecule has 0 atom stereocenters. The second-order valence-corrected chi connectivity index (χ2v) is 3.98. The topological polar surface area (TPSA) is 32.6 Å². The van der Waals surface area contributed by atoms with Crippen LogP contribution in [0.5, 0.6) is 0 Å². The highest BCUT2D eigenvalue weighted by atomic mass is 16.3. The van der Waals surface area contributed by atoms with Crippen LogP contribution in [0, 0.1) is 5.41 Å². The molecule has 0 saturated carbocycles. The molecule has 0 bridgehead atoms. The highest BCUT2D eigenvalue weighted by molar-refractivity contribution is 5.71. The van der Waals surface area contributed by atoms with Crippen molar-refractivity contribution in [1.82, 2.24) is 0 Å². The third-order valence-electron chi connectivity index (χ3n) is 1.98. The van der Waals surface area contributed by atoms with Gasteiger partial charge in [-0.3, -0.25) is 4.99 Å². The molecule has 0 aliphatic heterocycles. The van der Waals surface area contributed by atoms with Gasteiger partial charge in [-0.25, -0.2) is 0 Å². The first-order valence-electron chi connectivity index (χ1n) is 7.40. The third kappa shape index (κ3) is 38.2. The molecule has 0 spiro atoms. The molecule has 2 heteroatoms. The lowest BCUT2D eigenvalue weighted by Gasteiger charge is -2.17. The van der Waals surface area contributed by atoms with Crippen molar-refractivity contribution in [3.05, 3.63) is 24.4 Å². The molecule has 0 radical (unpaired) electrons. The SMILES string of the molecule is CC.CC.CCC(C)(C)CO.C\C=C/N=C/C=C/C. The van der Waals surface area contributed by atoms with Crippen LogP contribution in [0.25, 0.3) is 0 Å². The van der Waals surface area contributed by atoms with E-state index in [2.05, 4.69) is 11.9 Å². The monoisotopic (exact) mass is 271 g/mol. The van der Waals surface area contributed by atoms with Crippen molar-refractivity contribution in [3.63, 3.8) is 0 Å². The third-order valence-corrected chi connectivity index (χ3v) is 1.98. The zero-order valence-electron chi connectivity index (χ0n) is 14.7. The Balaban J connectivity index is -0.0000000941. The number of hydrogen-bond acceptors (Lipinski definition) is 2. The number of rotatable bonds is 4. The Hall–Kier alpha value is -0.890. The molecule has 19 heavy (non-hydrogen) atoms. The highest BCUT2D eigenvalue weighted by Crippen LogP contribution is 2.16. The van der Waals surface area contributed by atoms with Crippen LogP contribution in [0.2, 0.25) is 0 Å². The van der Waals surface area contributed by atoms with Crippen LogP contribution in [0.1, 0.15) is 68.7 Å². The summed E-state index contributed by atoms with van der Waals surface area (Å²) in [4.78, 5) is 3.89. The summed E-state index contributed by atoms with van der Waals surface area (Å²) in [6.07, 6.45) is 10.3. The van der Waals surface area contributed by atoms with Crippen LogP contribution >= 0.6 is 0 Å². The Bertz CT molecular complexity index is 183. The Morgan fingerprint density at radius 2 is 1.47 bits per heavy atom. The zero-order chi connectivity index (χ0) is 16.2. The van der Waals surface area contributed by atoms with Gasteiger partial charge in [-0.15, -0.1) is 0 Å². The van der Waals surface area contributed by atoms with Gasteiger partial charge in [0.2, 0.25) is 0 Å². The van der Waals surface area contributed by atoms with E-state index in [1.54, 1.807) is 12.4 Å². The van der Waals surface area contributed by atoms with Crippen LogP contribution in [0.4, 0.5) is 0 Å². The number of aliphatic hydroxyl groups is 1. The molecule has 0 heterocycles. The Morgan fingerprint density at radius 3 is 1.68 bits per heavy atom. The predicted octanol–water partition coefficient (Wildman–Crippen LogP) is 5.63. The maximum atomic E-state index is 8.59. The summed E-state index contributed by atoms with van der Waals surface area (Å²) in [6.45, 7) is 18.4. The Labute approximate surface area is 122 Å². The summed E-state index contributed by atoms with van der Waals surface area (Å²) in [5, 5.41) is 8.59. The van der Waals surface area contributed by atoms with Crippen molar-refractivity contribution in [1.29, 1.82) is 0 Å². The van der Waals surface area contributed by atoms with Crippen molar-refractivity contribution in [2.75, 3.05) is 6.61 Å². The summed E-state index contributed by atoms with van der Waals surface area (Å²) >= 11 is 0. The largest absolute Gasteiger partial charge is 0.396 e. The van der Waals surface area contributed by atoms with Crippen LogP contribution in [-0.2, 0) is 0 Å². The van der Waals surface area contributed by atoms with E-state index in [0.29, 0.717) is 6.61 Å². The fourth-order valence-electron chi connectivity index (χ4n) is 0.383. The minimum absolute atomic E-state index is 0.139. The first kappa shape index (κ1) is 26.6. The van der Waals surface area contributed by atoms with E-state index in [-0.39, 0.29) is 5.41 Å². The Kier molecular flexibility index (Phi) is 36.2. The molecule has 0 saturated heterocycles. The second-order valence-electron chi connectivity index (χ2n) is 3.98. The summed E-state index contributed by atoms with van der Waals surface area (Å²) in [5.41, 5.74) is 0.139. The van der Waals surface area contributed by atoms with Crippen LogP contribution in [0.3, 0.4) is 0 Å². The number of allylic oxidation sites excluding steroid dienone is 3. The highest BCUT2D eigenvalue weighted by Gasteiger charge is 2.11. The van der Waals surface area contributed by atoms with Crippen LogP contribution in [-0.4, -0.2) is 17.9 Å². The van der Waals surface area contributed by atoms with E-state index in [0.717, 1.165) is 6.42 Å². The molecule has 0 aromatic heterocycles. The van der Waals surface area contributed by atoms with Gasteiger partial charge in [-0.1, -0.05) is 60.6 Å². The van der Waals surface area contributed by atoms with Gasteiger partial charge in [0.1, 0.15) is 0 Å². The lowest BCUT2D eigenvalue weighted by Crippen LogP contribution is -2.14. The van der Waals surface area contributed by atoms with Gasteiger partial charge in [0.15, 0.2) is 0 Å². The predicted molar refractivity (Wildman–Crippen MR) is 92.0 cm³/mol. The first-order valence-corrected chi connectivity index (χ1v) is 7.40. The van der Waals surface area contributed by atoms with Crippen molar-refractivity contribution in [2.24, 2.45) is 10.4 Å². The molecule has 2 nitrogen and oxygen atoms in total. The minimum atomic E-state index is 0.139. The number of aliphatic hydroxyl groups excluding tert-OH is 1. The average Bonchev–Trinajstić information content (AvgIpc) is 2.48. The van der Waals surface area contributed by atoms with Crippen molar-refractivity contribution >= 4 is 6.21 Å². The van der Waals surface area contributed by atoms with E-state index in [1.807, 2.05) is 73.6 Å². The first-order chi connectivity index (χ1) is 9.04. The lowest BCUT2D eigenvalue weighted by molar-refractivity contribution is 0.155. The van der Waals surface area contributed by atoms with Crippen molar-refractivity contribution in [3.8, 4) is 0 Å². The molecule has 0 aliphatic carbocycles. The van der Waals surface area contributed by atoms with Gasteiger partial charge in [-0.2, -0.15) is 0 Å². The van der Waals surface area contributed by atoms with Gasteiger partial charge in [0, 0.05) is 19.0 Å². The molecule has 0 aromatic rings. The van der Waals surface area contributed by atoms with Crippen molar-refractivity contribution < 1.29 is 5.11 Å². The van der Waals surface area contributed by atoms with Crippen LogP contribution in [0.15, 0.2) is 29.4 Å². The van der Waals surface area contributed by atoms with Gasteiger partial charge in [0.05, 0.1) is 0 Å². The quantitative estimate of drug-likeness (QED) is 0.660. The molecular weight excluding hydrogens is 234 g/mol. The average molecular weight is 271 g/mol. The maximum absolute atomic E-state index is 8.59. The maximum Gasteiger partial charge on any atom is 0.0482 e. The van der Waals surface area contributed by atoms with E-state index >= 15 is 0 Å². The van der Waals surface area contributed by atoms with E-state index in [1.165, 1.54) is 0 Å². The Morgan fingerprint density at radius 1 is 1.00 bits per heavy atom. The number of aliphatic imine (C=N–C) groups is 1. The summed E-state index contributed by atoms with van der Waals surface area (Å²) in [5.74, 6) is 0. The smallest absolute Gasteiger partial charge is 0.0482 e. The normalized spacial score (nSPS) is 10.4. The molecule has 0 unspecified atom stereocenters. The fourth-order valence-corrected chi connectivity index (χ4v) is 0.383. The second kappa shape index (κ2) is 25.8. The molecule has 0 rings (SSSR count). The molecule has 0 fully saturated rings. The number of hydrogen-bond donors (Lipinski definition) is 1. The molecular formula is C17H37NO. The summed E-state index contributed by atoms with van der Waals surface area (Å²) in [6, 6.07) is 0. The van der Waals surface area contributed by atoms with E-state index in [4.69, 9.17) is 5.11 Å². The minimum Gasteiger partial charge on any atom is -0.396 e. The van der Waals surface area contributed by atoms with E-state index < -0.39 is 0 Å². The van der Waals surface area contributed by atoms with Gasteiger partial charge in [0.25, 0.3) is 0 Å². The van der Waals surface area contributed by atoms with Gasteiger partial charge >= 0.3 is 0 Å².